The van der Waals surface area contributed by atoms with Crippen LogP contribution in [0.15, 0.2) is 66.9 Å². The van der Waals surface area contributed by atoms with Crippen molar-refractivity contribution < 1.29 is 28.2 Å². The van der Waals surface area contributed by atoms with E-state index in [1.165, 1.54) is 12.1 Å². The third-order valence-electron chi connectivity index (χ3n) is 8.47. The first-order chi connectivity index (χ1) is 24.0. The number of piperidine rings is 1. The fraction of sp³-hybridized carbons (Fsp3) is 0.410. The number of carbonyl (C=O) groups is 3. The molecule has 1 saturated heterocycles. The van der Waals surface area contributed by atoms with Gasteiger partial charge in [-0.15, -0.1) is 0 Å². The highest BCUT2D eigenvalue weighted by atomic mass is 19.1. The minimum atomic E-state index is -0.669. The smallest absolute Gasteiger partial charge is 0.410 e. The van der Waals surface area contributed by atoms with E-state index in [0.717, 1.165) is 25.0 Å². The van der Waals surface area contributed by atoms with Crippen molar-refractivity contribution in [2.75, 3.05) is 23.7 Å². The molecule has 0 unspecified atom stereocenters. The van der Waals surface area contributed by atoms with Gasteiger partial charge in [0.25, 0.3) is 0 Å². The van der Waals surface area contributed by atoms with Crippen molar-refractivity contribution in [1.82, 2.24) is 19.7 Å². The summed E-state index contributed by atoms with van der Waals surface area (Å²) < 4.78 is 27.8. The number of hydrogen-bond acceptors (Lipinski definition) is 7. The normalized spacial score (nSPS) is 13.8. The van der Waals surface area contributed by atoms with E-state index in [2.05, 4.69) is 15.6 Å². The van der Waals surface area contributed by atoms with Gasteiger partial charge in [-0.1, -0.05) is 32.9 Å². The second kappa shape index (κ2) is 15.3. The molecule has 3 heterocycles. The number of aromatic nitrogens is 3. The van der Waals surface area contributed by atoms with Crippen LogP contribution >= 0.6 is 0 Å². The first kappa shape index (κ1) is 37.0. The molecule has 270 valence electrons. The number of likely N-dealkylation sites (tertiary alicyclic amines) is 1. The molecule has 3 amide bonds. The molecule has 2 N–H and O–H groups in total. The summed E-state index contributed by atoms with van der Waals surface area (Å²) in [7, 11) is 0. The molecule has 0 saturated carbocycles. The maximum Gasteiger partial charge on any atom is 0.410 e. The standard InChI is InChI=1S/C39H47FN6O5/c1-25-21-30(15-18-41-25)50-29-12-13-32(31(40)23-29)42-36(48)43-35-24-34(38(2,3)4)44-46(35)28-10-8-9-27(22-28)33(47)14-11-26-16-19-45(20-17-26)37(49)51-39(5,6)7/h8-10,12-13,15,18,21-24,26H,11,14,16-17,19-20H2,1-7H3,(H2,42,43,48). The maximum absolute atomic E-state index is 15.0. The second-order valence-corrected chi connectivity index (χ2v) is 15.0. The number of pyridine rings is 1. The number of carbonyl (C=O) groups excluding carboxylic acids is 3. The van der Waals surface area contributed by atoms with E-state index < -0.39 is 17.4 Å². The third-order valence-corrected chi connectivity index (χ3v) is 8.47. The summed E-state index contributed by atoms with van der Waals surface area (Å²) in [5, 5.41) is 10.1. The zero-order chi connectivity index (χ0) is 36.9. The molecule has 12 heteroatoms. The summed E-state index contributed by atoms with van der Waals surface area (Å²) in [5.41, 5.74) is 1.69. The summed E-state index contributed by atoms with van der Waals surface area (Å²) in [5.74, 6) is 0.819. The molecule has 51 heavy (non-hydrogen) atoms. The second-order valence-electron chi connectivity index (χ2n) is 15.0. The summed E-state index contributed by atoms with van der Waals surface area (Å²) >= 11 is 0. The van der Waals surface area contributed by atoms with Gasteiger partial charge in [0.1, 0.15) is 28.7 Å². The van der Waals surface area contributed by atoms with Crippen molar-refractivity contribution in [1.29, 1.82) is 0 Å². The van der Waals surface area contributed by atoms with Gasteiger partial charge in [0.05, 0.1) is 17.1 Å². The van der Waals surface area contributed by atoms with Crippen LogP contribution in [-0.4, -0.2) is 56.3 Å². The highest BCUT2D eigenvalue weighted by Crippen LogP contribution is 2.29. The average molecular weight is 699 g/mol. The van der Waals surface area contributed by atoms with E-state index in [0.29, 0.717) is 53.9 Å². The van der Waals surface area contributed by atoms with Crippen LogP contribution < -0.4 is 15.4 Å². The van der Waals surface area contributed by atoms with Crippen molar-refractivity contribution in [3.8, 4) is 17.2 Å². The van der Waals surface area contributed by atoms with Crippen molar-refractivity contribution in [2.24, 2.45) is 5.92 Å². The zero-order valence-corrected chi connectivity index (χ0v) is 30.4. The minimum absolute atomic E-state index is 0.00356. The van der Waals surface area contributed by atoms with Crippen molar-refractivity contribution >= 4 is 29.4 Å². The Morgan fingerprint density at radius 1 is 0.922 bits per heavy atom. The number of hydrogen-bond donors (Lipinski definition) is 2. The van der Waals surface area contributed by atoms with Crippen LogP contribution in [-0.2, 0) is 10.2 Å². The van der Waals surface area contributed by atoms with E-state index >= 15 is 4.39 Å². The Morgan fingerprint density at radius 2 is 1.65 bits per heavy atom. The number of nitrogens with zero attached hydrogens (tertiary/aromatic N) is 4. The largest absolute Gasteiger partial charge is 0.457 e. The predicted molar refractivity (Wildman–Crippen MR) is 194 cm³/mol. The Labute approximate surface area is 298 Å². The quantitative estimate of drug-likeness (QED) is 0.167. The Morgan fingerprint density at radius 3 is 2.31 bits per heavy atom. The van der Waals surface area contributed by atoms with Crippen molar-refractivity contribution in [3.63, 3.8) is 0 Å². The molecule has 0 radical (unpaired) electrons. The highest BCUT2D eigenvalue weighted by molar-refractivity contribution is 6.00. The molecule has 2 aromatic carbocycles. The van der Waals surface area contributed by atoms with E-state index in [1.54, 1.807) is 58.2 Å². The number of nitrogens with one attached hydrogen (secondary N) is 2. The van der Waals surface area contributed by atoms with Crippen LogP contribution in [0.25, 0.3) is 5.69 Å². The topological polar surface area (TPSA) is 128 Å². The number of urea groups is 1. The lowest BCUT2D eigenvalue weighted by molar-refractivity contribution is 0.0180. The molecule has 0 spiro atoms. The molecule has 5 rings (SSSR count). The van der Waals surface area contributed by atoms with Crippen LogP contribution in [0, 0.1) is 18.7 Å². The number of Topliss-reactive ketones (excluding diaryl/α,β-unsaturated/α-hetero) is 1. The van der Waals surface area contributed by atoms with E-state index in [9.17, 15) is 14.4 Å². The molecule has 4 aromatic rings. The maximum atomic E-state index is 15.0. The van der Waals surface area contributed by atoms with Gasteiger partial charge in [0, 0.05) is 60.6 Å². The number of halogens is 1. The fourth-order valence-electron chi connectivity index (χ4n) is 5.70. The highest BCUT2D eigenvalue weighted by Gasteiger charge is 2.27. The SMILES string of the molecule is Cc1cc(Oc2ccc(NC(=O)Nc3cc(C(C)(C)C)nn3-c3cccc(C(=O)CCC4CCN(C(=O)OC(C)(C)C)CC4)c3)c(F)c2)ccn1. The lowest BCUT2D eigenvalue weighted by atomic mass is 9.90. The average Bonchev–Trinajstić information content (AvgIpc) is 3.49. The minimum Gasteiger partial charge on any atom is -0.457 e. The monoisotopic (exact) mass is 698 g/mol. The zero-order valence-electron chi connectivity index (χ0n) is 30.4. The first-order valence-corrected chi connectivity index (χ1v) is 17.2. The summed E-state index contributed by atoms with van der Waals surface area (Å²) in [6.45, 7) is 14.6. The molecular formula is C39H47FN6O5. The van der Waals surface area contributed by atoms with E-state index in [4.69, 9.17) is 14.6 Å². The summed E-state index contributed by atoms with van der Waals surface area (Å²) in [6, 6.07) is 15.8. The number of anilines is 2. The number of ketones is 1. The van der Waals surface area contributed by atoms with Crippen LogP contribution in [0.4, 0.5) is 25.5 Å². The summed E-state index contributed by atoms with van der Waals surface area (Å²) in [4.78, 5) is 44.8. The van der Waals surface area contributed by atoms with Gasteiger partial charge in [-0.3, -0.25) is 15.1 Å². The molecule has 2 aromatic heterocycles. The predicted octanol–water partition coefficient (Wildman–Crippen LogP) is 9.06. The Balaban J connectivity index is 1.23. The van der Waals surface area contributed by atoms with Gasteiger partial charge >= 0.3 is 12.1 Å². The molecular weight excluding hydrogens is 651 g/mol. The third kappa shape index (κ3) is 10.1. The fourth-order valence-corrected chi connectivity index (χ4v) is 5.70. The van der Waals surface area contributed by atoms with E-state index in [1.807, 2.05) is 54.5 Å². The van der Waals surface area contributed by atoms with Crippen LogP contribution in [0.1, 0.15) is 89.0 Å². The number of ether oxygens (including phenoxy) is 2. The van der Waals surface area contributed by atoms with Crippen molar-refractivity contribution in [3.05, 3.63) is 89.6 Å². The Hall–Kier alpha value is -5.26. The number of aryl methyl sites for hydroxylation is 1. The lowest BCUT2D eigenvalue weighted by Crippen LogP contribution is -2.41. The van der Waals surface area contributed by atoms with Gasteiger partial charge in [-0.2, -0.15) is 5.10 Å². The molecule has 0 atom stereocenters. The lowest BCUT2D eigenvalue weighted by Gasteiger charge is -2.33. The number of rotatable bonds is 9. The van der Waals surface area contributed by atoms with Crippen LogP contribution in [0.3, 0.4) is 0 Å². The van der Waals surface area contributed by atoms with Crippen molar-refractivity contribution in [2.45, 2.75) is 85.2 Å². The van der Waals surface area contributed by atoms with Crippen LogP contribution in [0.2, 0.25) is 0 Å². The van der Waals surface area contributed by atoms with Gasteiger partial charge in [0.15, 0.2) is 5.78 Å². The Bertz CT molecular complexity index is 1890. The first-order valence-electron chi connectivity index (χ1n) is 17.2. The van der Waals surface area contributed by atoms with Gasteiger partial charge < -0.3 is 19.7 Å². The van der Waals surface area contributed by atoms with Crippen LogP contribution in [0.5, 0.6) is 11.5 Å². The van der Waals surface area contributed by atoms with Gasteiger partial charge in [-0.05, 0) is 83.2 Å². The molecule has 11 nitrogen and oxygen atoms in total. The van der Waals surface area contributed by atoms with E-state index in [-0.39, 0.29) is 28.7 Å². The van der Waals surface area contributed by atoms with Gasteiger partial charge in [-0.25, -0.2) is 18.7 Å². The molecule has 0 aliphatic carbocycles. The molecule has 1 aliphatic rings. The molecule has 0 bridgehead atoms. The molecule has 1 aliphatic heterocycles. The number of benzene rings is 2. The Kier molecular flexibility index (Phi) is 11.1. The molecule has 1 fully saturated rings. The van der Waals surface area contributed by atoms with Gasteiger partial charge in [0.2, 0.25) is 0 Å². The number of amides is 3. The summed E-state index contributed by atoms with van der Waals surface area (Å²) in [6.07, 6.45) is 4.05.